The van der Waals surface area contributed by atoms with Crippen LogP contribution in [0.1, 0.15) is 34.5 Å². The van der Waals surface area contributed by atoms with Gasteiger partial charge in [0, 0.05) is 17.9 Å². The van der Waals surface area contributed by atoms with Crippen molar-refractivity contribution < 1.29 is 14.6 Å². The van der Waals surface area contributed by atoms with Crippen molar-refractivity contribution >= 4 is 17.7 Å². The molecule has 4 nitrogen and oxygen atoms in total. The molecule has 2 N–H and O–H groups in total. The van der Waals surface area contributed by atoms with Gasteiger partial charge in [0.2, 0.25) is 0 Å². The van der Waals surface area contributed by atoms with Crippen molar-refractivity contribution in [3.05, 3.63) is 59.2 Å². The highest BCUT2D eigenvalue weighted by Gasteiger charge is 2.17. The van der Waals surface area contributed by atoms with Crippen LogP contribution in [0.25, 0.3) is 0 Å². The molecule has 1 aliphatic rings. The topological polar surface area (TPSA) is 58.6 Å². The van der Waals surface area contributed by atoms with Gasteiger partial charge in [0.15, 0.2) is 0 Å². The number of thioether (sulfide) groups is 1. The summed E-state index contributed by atoms with van der Waals surface area (Å²) >= 11 is 1.64. The zero-order valence-electron chi connectivity index (χ0n) is 13.6. The molecule has 2 aromatic rings. The van der Waals surface area contributed by atoms with Crippen LogP contribution < -0.4 is 10.1 Å². The fourth-order valence-electron chi connectivity index (χ4n) is 2.75. The van der Waals surface area contributed by atoms with Crippen molar-refractivity contribution in [1.82, 2.24) is 5.32 Å². The number of rotatable bonds is 6. The Bertz CT molecular complexity index is 732. The molecule has 0 saturated heterocycles. The highest BCUT2D eigenvalue weighted by molar-refractivity contribution is 7.99. The summed E-state index contributed by atoms with van der Waals surface area (Å²) in [5.74, 6) is 1.64. The number of fused-ring (bicyclic) bond motifs is 1. The number of hydrogen-bond acceptors (Lipinski definition) is 4. The summed E-state index contributed by atoms with van der Waals surface area (Å²) in [6, 6.07) is 13.2. The van der Waals surface area contributed by atoms with E-state index in [1.165, 1.54) is 0 Å². The lowest BCUT2D eigenvalue weighted by Crippen LogP contribution is -2.28. The van der Waals surface area contributed by atoms with E-state index < -0.39 is 6.10 Å². The van der Waals surface area contributed by atoms with Crippen molar-refractivity contribution in [2.45, 2.75) is 24.3 Å². The number of nitrogens with one attached hydrogen (secondary N) is 1. The monoisotopic (exact) mass is 343 g/mol. The second-order valence-electron chi connectivity index (χ2n) is 5.62. The number of aliphatic hydroxyl groups excluding tert-OH is 1. The van der Waals surface area contributed by atoms with Gasteiger partial charge >= 0.3 is 0 Å². The van der Waals surface area contributed by atoms with Crippen LogP contribution in [0.2, 0.25) is 0 Å². The molecule has 0 fully saturated rings. The molecular weight excluding hydrogens is 322 g/mol. The van der Waals surface area contributed by atoms with Crippen LogP contribution in [0.3, 0.4) is 0 Å². The standard InChI is InChI=1S/C19H21NO3S/c1-2-24-18-6-4-3-5-15(18)19(22)20-12-16(21)13-7-8-17-14(11-13)9-10-23-17/h3-8,11,16,21H,2,9-10,12H2,1H3,(H,20,22)/t16-/m0/s1. The number of carbonyl (C=O) groups is 1. The van der Waals surface area contributed by atoms with E-state index in [9.17, 15) is 9.90 Å². The van der Waals surface area contributed by atoms with Gasteiger partial charge in [0.1, 0.15) is 5.75 Å². The molecule has 1 heterocycles. The maximum absolute atomic E-state index is 12.4. The van der Waals surface area contributed by atoms with Gasteiger partial charge < -0.3 is 15.2 Å². The fraction of sp³-hybridized carbons (Fsp3) is 0.316. The first-order valence-electron chi connectivity index (χ1n) is 8.12. The van der Waals surface area contributed by atoms with Crippen LogP contribution in [-0.4, -0.2) is 29.9 Å². The summed E-state index contributed by atoms with van der Waals surface area (Å²) in [5.41, 5.74) is 2.57. The molecule has 3 rings (SSSR count). The van der Waals surface area contributed by atoms with Crippen molar-refractivity contribution in [3.63, 3.8) is 0 Å². The quantitative estimate of drug-likeness (QED) is 0.791. The van der Waals surface area contributed by atoms with Crippen LogP contribution in [0.15, 0.2) is 47.4 Å². The lowest BCUT2D eigenvalue weighted by molar-refractivity contribution is 0.0913. The molecule has 0 spiro atoms. The molecule has 5 heteroatoms. The molecule has 1 atom stereocenters. The second-order valence-corrected chi connectivity index (χ2v) is 6.93. The van der Waals surface area contributed by atoms with E-state index >= 15 is 0 Å². The Balaban J connectivity index is 1.64. The molecule has 0 bridgehead atoms. The maximum atomic E-state index is 12.4. The summed E-state index contributed by atoms with van der Waals surface area (Å²) < 4.78 is 5.47. The predicted molar refractivity (Wildman–Crippen MR) is 95.8 cm³/mol. The average molecular weight is 343 g/mol. The lowest BCUT2D eigenvalue weighted by Gasteiger charge is -2.14. The average Bonchev–Trinajstić information content (AvgIpc) is 3.08. The lowest BCUT2D eigenvalue weighted by atomic mass is 10.0. The number of ether oxygens (including phenoxy) is 1. The van der Waals surface area contributed by atoms with E-state index in [0.29, 0.717) is 12.2 Å². The van der Waals surface area contributed by atoms with Gasteiger partial charge in [-0.25, -0.2) is 0 Å². The van der Waals surface area contributed by atoms with Crippen LogP contribution in [0, 0.1) is 0 Å². The number of hydrogen-bond donors (Lipinski definition) is 2. The third kappa shape index (κ3) is 3.74. The number of aliphatic hydroxyl groups is 1. The van der Waals surface area contributed by atoms with E-state index in [4.69, 9.17) is 4.74 Å². The Morgan fingerprint density at radius 3 is 3.00 bits per heavy atom. The molecule has 1 amide bonds. The van der Waals surface area contributed by atoms with Gasteiger partial charge in [-0.1, -0.05) is 25.1 Å². The van der Waals surface area contributed by atoms with Crippen LogP contribution in [0.4, 0.5) is 0 Å². The van der Waals surface area contributed by atoms with E-state index in [1.807, 2.05) is 42.5 Å². The molecule has 0 aliphatic carbocycles. The minimum atomic E-state index is -0.731. The molecular formula is C19H21NO3S. The second kappa shape index (κ2) is 7.73. The molecule has 0 unspecified atom stereocenters. The molecule has 126 valence electrons. The van der Waals surface area contributed by atoms with Gasteiger partial charge in [-0.05, 0) is 41.1 Å². The van der Waals surface area contributed by atoms with Crippen molar-refractivity contribution in [3.8, 4) is 5.75 Å². The molecule has 2 aromatic carbocycles. The SMILES string of the molecule is CCSc1ccccc1C(=O)NC[C@H](O)c1ccc2c(c1)CCO2. The van der Waals surface area contributed by atoms with Gasteiger partial charge in [0.25, 0.3) is 5.91 Å². The zero-order valence-corrected chi connectivity index (χ0v) is 14.4. The highest BCUT2D eigenvalue weighted by Crippen LogP contribution is 2.28. The summed E-state index contributed by atoms with van der Waals surface area (Å²) in [6.07, 6.45) is 0.134. The van der Waals surface area contributed by atoms with E-state index in [0.717, 1.165) is 33.9 Å². The smallest absolute Gasteiger partial charge is 0.252 e. The summed E-state index contributed by atoms with van der Waals surface area (Å²) in [4.78, 5) is 13.4. The summed E-state index contributed by atoms with van der Waals surface area (Å²) in [5, 5.41) is 13.2. The first-order chi connectivity index (χ1) is 11.7. The zero-order chi connectivity index (χ0) is 16.9. The molecule has 0 aromatic heterocycles. The minimum Gasteiger partial charge on any atom is -0.493 e. The van der Waals surface area contributed by atoms with Crippen LogP contribution in [0.5, 0.6) is 5.75 Å². The highest BCUT2D eigenvalue weighted by atomic mass is 32.2. The largest absolute Gasteiger partial charge is 0.493 e. The normalized spacial score (nSPS) is 13.9. The van der Waals surface area contributed by atoms with Crippen LogP contribution in [-0.2, 0) is 6.42 Å². The number of carbonyl (C=O) groups excluding carboxylic acids is 1. The molecule has 24 heavy (non-hydrogen) atoms. The summed E-state index contributed by atoms with van der Waals surface area (Å²) in [7, 11) is 0. The fourth-order valence-corrected chi connectivity index (χ4v) is 3.55. The van der Waals surface area contributed by atoms with Gasteiger partial charge in [0.05, 0.1) is 18.3 Å². The van der Waals surface area contributed by atoms with Gasteiger partial charge in [-0.2, -0.15) is 0 Å². The first-order valence-corrected chi connectivity index (χ1v) is 9.11. The number of benzene rings is 2. The van der Waals surface area contributed by atoms with E-state index in [1.54, 1.807) is 11.8 Å². The van der Waals surface area contributed by atoms with E-state index in [2.05, 4.69) is 12.2 Å². The Hall–Kier alpha value is -1.98. The number of amides is 1. The maximum Gasteiger partial charge on any atom is 0.252 e. The Kier molecular flexibility index (Phi) is 5.43. The Morgan fingerprint density at radius 2 is 2.17 bits per heavy atom. The molecule has 0 radical (unpaired) electrons. The molecule has 0 saturated carbocycles. The third-order valence-corrected chi connectivity index (χ3v) is 4.94. The van der Waals surface area contributed by atoms with E-state index in [-0.39, 0.29) is 12.5 Å². The van der Waals surface area contributed by atoms with Crippen LogP contribution >= 0.6 is 11.8 Å². The minimum absolute atomic E-state index is 0.157. The van der Waals surface area contributed by atoms with Gasteiger partial charge in [-0.3, -0.25) is 4.79 Å². The first kappa shape index (κ1) is 16.9. The third-order valence-electron chi connectivity index (χ3n) is 3.99. The van der Waals surface area contributed by atoms with Gasteiger partial charge in [-0.15, -0.1) is 11.8 Å². The Labute approximate surface area is 146 Å². The van der Waals surface area contributed by atoms with Crippen molar-refractivity contribution in [2.24, 2.45) is 0 Å². The van der Waals surface area contributed by atoms with Crippen molar-refractivity contribution in [2.75, 3.05) is 18.9 Å². The summed E-state index contributed by atoms with van der Waals surface area (Å²) in [6.45, 7) is 2.93. The Morgan fingerprint density at radius 1 is 1.33 bits per heavy atom. The van der Waals surface area contributed by atoms with Crippen molar-refractivity contribution in [1.29, 1.82) is 0 Å². The molecule has 1 aliphatic heterocycles. The predicted octanol–water partition coefficient (Wildman–Crippen LogP) is 3.20.